The lowest BCUT2D eigenvalue weighted by molar-refractivity contribution is -0.139. The molecule has 0 aliphatic carbocycles. The summed E-state index contributed by atoms with van der Waals surface area (Å²) in [4.78, 5) is 29.4. The van der Waals surface area contributed by atoms with Gasteiger partial charge in [-0.05, 0) is 27.7 Å². The van der Waals surface area contributed by atoms with Crippen LogP contribution < -0.4 is 5.56 Å². The van der Waals surface area contributed by atoms with Gasteiger partial charge in [0, 0.05) is 17.3 Å². The van der Waals surface area contributed by atoms with E-state index in [4.69, 9.17) is 5.11 Å². The van der Waals surface area contributed by atoms with Crippen molar-refractivity contribution < 1.29 is 9.90 Å². The minimum atomic E-state index is -0.892. The Kier molecular flexibility index (Phi) is 4.11. The van der Waals surface area contributed by atoms with E-state index in [-0.39, 0.29) is 17.6 Å². The maximum absolute atomic E-state index is 11.8. The molecule has 7 nitrogen and oxygen atoms in total. The highest BCUT2D eigenvalue weighted by Gasteiger charge is 2.25. The molecule has 0 saturated heterocycles. The molecule has 0 unspecified atom stereocenters. The fourth-order valence-electron chi connectivity index (χ4n) is 1.88. The molecule has 0 amide bonds. The van der Waals surface area contributed by atoms with E-state index in [0.717, 1.165) is 0 Å². The van der Waals surface area contributed by atoms with Gasteiger partial charge in [0.25, 0.3) is 5.56 Å². The molecule has 0 atom stereocenters. The maximum atomic E-state index is 11.8. The summed E-state index contributed by atoms with van der Waals surface area (Å²) in [7, 11) is 0. The Labute approximate surface area is 125 Å². The summed E-state index contributed by atoms with van der Waals surface area (Å²) < 4.78 is 1.26. The number of hydrogen-bond acceptors (Lipinski definition) is 6. The molecule has 8 heteroatoms. The van der Waals surface area contributed by atoms with Crippen LogP contribution in [0.5, 0.6) is 0 Å². The summed E-state index contributed by atoms with van der Waals surface area (Å²) in [6.07, 6.45) is 0. The first-order valence-corrected chi connectivity index (χ1v) is 7.32. The number of aromatic nitrogens is 3. The molecule has 0 aliphatic rings. The monoisotopic (exact) mass is 310 g/mol. The molecule has 2 rings (SSSR count). The minimum Gasteiger partial charge on any atom is -0.480 e. The lowest BCUT2D eigenvalue weighted by Gasteiger charge is -2.33. The van der Waals surface area contributed by atoms with E-state index in [2.05, 4.69) is 10.1 Å². The molecule has 1 N–H and O–H groups in total. The summed E-state index contributed by atoms with van der Waals surface area (Å²) in [5.41, 5.74) is 0.110. The minimum absolute atomic E-state index is 0.0826. The van der Waals surface area contributed by atoms with E-state index >= 15 is 0 Å². The van der Waals surface area contributed by atoms with Crippen molar-refractivity contribution in [3.63, 3.8) is 0 Å². The SMILES string of the molecule is Cc1cc(=O)n2nc(CN(CC(=O)O)C(C)(C)C)sc2n1. The van der Waals surface area contributed by atoms with E-state index in [1.807, 2.05) is 20.8 Å². The van der Waals surface area contributed by atoms with Gasteiger partial charge in [0.1, 0.15) is 5.01 Å². The molecule has 0 radical (unpaired) electrons. The van der Waals surface area contributed by atoms with Crippen molar-refractivity contribution in [2.75, 3.05) is 6.54 Å². The molecule has 2 aromatic rings. The summed E-state index contributed by atoms with van der Waals surface area (Å²) >= 11 is 1.30. The van der Waals surface area contributed by atoms with Gasteiger partial charge >= 0.3 is 5.97 Å². The van der Waals surface area contributed by atoms with Gasteiger partial charge in [0.2, 0.25) is 4.96 Å². The number of fused-ring (bicyclic) bond motifs is 1. The Hall–Kier alpha value is -1.80. The smallest absolute Gasteiger partial charge is 0.317 e. The van der Waals surface area contributed by atoms with Crippen LogP contribution in [0.2, 0.25) is 0 Å². The fourth-order valence-corrected chi connectivity index (χ4v) is 2.84. The van der Waals surface area contributed by atoms with Crippen LogP contribution in [0.25, 0.3) is 4.96 Å². The van der Waals surface area contributed by atoms with Crippen LogP contribution in [0.4, 0.5) is 0 Å². The molecule has 0 saturated carbocycles. The number of aryl methyl sites for hydroxylation is 1. The first-order valence-electron chi connectivity index (χ1n) is 6.50. The van der Waals surface area contributed by atoms with Gasteiger partial charge in [-0.3, -0.25) is 14.5 Å². The van der Waals surface area contributed by atoms with Gasteiger partial charge in [-0.15, -0.1) is 0 Å². The van der Waals surface area contributed by atoms with Crippen LogP contribution in [0.15, 0.2) is 10.9 Å². The van der Waals surface area contributed by atoms with Crippen LogP contribution in [0.3, 0.4) is 0 Å². The van der Waals surface area contributed by atoms with Crippen LogP contribution in [0, 0.1) is 6.92 Å². The van der Waals surface area contributed by atoms with Crippen molar-refractivity contribution >= 4 is 22.3 Å². The number of carboxylic acid groups (broad SMARTS) is 1. The van der Waals surface area contributed by atoms with E-state index in [1.165, 1.54) is 21.9 Å². The predicted molar refractivity (Wildman–Crippen MR) is 79.7 cm³/mol. The topological polar surface area (TPSA) is 87.8 Å². The highest BCUT2D eigenvalue weighted by atomic mass is 32.1. The van der Waals surface area contributed by atoms with E-state index < -0.39 is 5.97 Å². The average Bonchev–Trinajstić information content (AvgIpc) is 2.69. The van der Waals surface area contributed by atoms with Crippen molar-refractivity contribution in [1.29, 1.82) is 0 Å². The highest BCUT2D eigenvalue weighted by Crippen LogP contribution is 2.19. The first kappa shape index (κ1) is 15.6. The highest BCUT2D eigenvalue weighted by molar-refractivity contribution is 7.16. The standard InChI is InChI=1S/C13H18N4O3S/c1-8-5-10(18)17-12(14-8)21-9(15-17)6-16(7-11(19)20)13(2,3)4/h5H,6-7H2,1-4H3,(H,19,20). The zero-order chi connectivity index (χ0) is 15.8. The number of carboxylic acids is 1. The van der Waals surface area contributed by atoms with Crippen LogP contribution in [0.1, 0.15) is 31.5 Å². The van der Waals surface area contributed by atoms with Crippen molar-refractivity contribution in [2.45, 2.75) is 39.8 Å². The van der Waals surface area contributed by atoms with Gasteiger partial charge < -0.3 is 5.11 Å². The van der Waals surface area contributed by atoms with E-state index in [0.29, 0.717) is 22.2 Å². The number of nitrogens with zero attached hydrogens (tertiary/aromatic N) is 4. The van der Waals surface area contributed by atoms with Crippen molar-refractivity contribution in [2.24, 2.45) is 0 Å². The van der Waals surface area contributed by atoms with Gasteiger partial charge in [-0.1, -0.05) is 11.3 Å². The van der Waals surface area contributed by atoms with Gasteiger partial charge in [0.05, 0.1) is 13.1 Å². The van der Waals surface area contributed by atoms with Crippen molar-refractivity contribution in [1.82, 2.24) is 19.5 Å². The largest absolute Gasteiger partial charge is 0.480 e. The molecular weight excluding hydrogens is 292 g/mol. The first-order chi connectivity index (χ1) is 9.66. The summed E-state index contributed by atoms with van der Waals surface area (Å²) in [5, 5.41) is 13.9. The summed E-state index contributed by atoms with van der Waals surface area (Å²) in [5.74, 6) is -0.892. The molecule has 114 valence electrons. The lowest BCUT2D eigenvalue weighted by atomic mass is 10.1. The third-order valence-corrected chi connectivity index (χ3v) is 3.91. The van der Waals surface area contributed by atoms with Crippen LogP contribution >= 0.6 is 11.3 Å². The summed E-state index contributed by atoms with van der Waals surface area (Å²) in [6.45, 7) is 7.86. The third-order valence-electron chi connectivity index (χ3n) is 3.02. The van der Waals surface area contributed by atoms with Crippen LogP contribution in [-0.2, 0) is 11.3 Å². The Morgan fingerprint density at radius 3 is 2.71 bits per heavy atom. The third kappa shape index (κ3) is 3.64. The molecule has 0 fully saturated rings. The Balaban J connectivity index is 2.35. The maximum Gasteiger partial charge on any atom is 0.317 e. The quantitative estimate of drug-likeness (QED) is 0.911. The zero-order valence-electron chi connectivity index (χ0n) is 12.5. The Bertz CT molecular complexity index is 729. The molecule has 21 heavy (non-hydrogen) atoms. The number of aliphatic carboxylic acids is 1. The number of rotatable bonds is 4. The summed E-state index contributed by atoms with van der Waals surface area (Å²) in [6, 6.07) is 1.43. The van der Waals surface area contributed by atoms with Crippen LogP contribution in [-0.4, -0.2) is 42.7 Å². The molecule has 0 bridgehead atoms. The van der Waals surface area contributed by atoms with E-state index in [1.54, 1.807) is 11.8 Å². The fraction of sp³-hybridized carbons (Fsp3) is 0.538. The lowest BCUT2D eigenvalue weighted by Crippen LogP contribution is -2.43. The molecule has 0 aromatic carbocycles. The molecule has 0 aliphatic heterocycles. The predicted octanol–water partition coefficient (Wildman–Crippen LogP) is 1.14. The number of carbonyl (C=O) groups is 1. The van der Waals surface area contributed by atoms with Crippen molar-refractivity contribution in [3.05, 3.63) is 27.1 Å². The van der Waals surface area contributed by atoms with Gasteiger partial charge in [-0.25, -0.2) is 4.98 Å². The zero-order valence-corrected chi connectivity index (χ0v) is 13.3. The molecule has 2 aromatic heterocycles. The van der Waals surface area contributed by atoms with E-state index in [9.17, 15) is 9.59 Å². The average molecular weight is 310 g/mol. The number of hydrogen-bond donors (Lipinski definition) is 1. The second-order valence-corrected chi connectivity index (χ2v) is 6.89. The molecular formula is C13H18N4O3S. The normalized spacial score (nSPS) is 12.2. The Morgan fingerprint density at radius 1 is 1.48 bits per heavy atom. The second kappa shape index (κ2) is 5.53. The van der Waals surface area contributed by atoms with Crippen molar-refractivity contribution in [3.8, 4) is 0 Å². The Morgan fingerprint density at radius 2 is 2.14 bits per heavy atom. The van der Waals surface area contributed by atoms with Gasteiger partial charge in [0.15, 0.2) is 0 Å². The molecule has 2 heterocycles. The molecule has 0 spiro atoms. The second-order valence-electron chi connectivity index (χ2n) is 5.85. The van der Waals surface area contributed by atoms with Gasteiger partial charge in [-0.2, -0.15) is 9.61 Å².